The smallest absolute Gasteiger partial charge is 0.418 e. The zero-order valence-electron chi connectivity index (χ0n) is 13.5. The molecule has 0 aromatic heterocycles. The van der Waals surface area contributed by atoms with Gasteiger partial charge < -0.3 is 15.4 Å². The van der Waals surface area contributed by atoms with Crippen LogP contribution in [0.15, 0.2) is 42.5 Å². The van der Waals surface area contributed by atoms with E-state index in [1.54, 1.807) is 0 Å². The Labute approximate surface area is 146 Å². The largest absolute Gasteiger partial charge is 0.468 e. The Morgan fingerprint density at radius 3 is 2.31 bits per heavy atom. The Morgan fingerprint density at radius 1 is 1.08 bits per heavy atom. The molecule has 0 unspecified atom stereocenters. The molecule has 0 aliphatic rings. The third-order valence-electron chi connectivity index (χ3n) is 3.34. The summed E-state index contributed by atoms with van der Waals surface area (Å²) >= 11 is 0. The van der Waals surface area contributed by atoms with Crippen LogP contribution in [0.5, 0.6) is 0 Å². The average Bonchev–Trinajstić information content (AvgIpc) is 2.59. The predicted molar refractivity (Wildman–Crippen MR) is 86.3 cm³/mol. The molecule has 138 valence electrons. The van der Waals surface area contributed by atoms with Gasteiger partial charge in [-0.1, -0.05) is 0 Å². The zero-order chi connectivity index (χ0) is 19.3. The lowest BCUT2D eigenvalue weighted by atomic mass is 10.1. The molecule has 2 rings (SSSR count). The fraction of sp³-hybridized carbons (Fsp3) is 0.176. The third kappa shape index (κ3) is 4.95. The van der Waals surface area contributed by atoms with Crippen LogP contribution < -0.4 is 10.6 Å². The van der Waals surface area contributed by atoms with Crippen molar-refractivity contribution in [3.8, 4) is 0 Å². The van der Waals surface area contributed by atoms with Gasteiger partial charge in [-0.3, -0.25) is 9.59 Å². The molecule has 0 heterocycles. The number of benzene rings is 2. The lowest BCUT2D eigenvalue weighted by Crippen LogP contribution is -2.19. The molecule has 0 bridgehead atoms. The van der Waals surface area contributed by atoms with Gasteiger partial charge in [0.15, 0.2) is 0 Å². The van der Waals surface area contributed by atoms with Gasteiger partial charge in [0.1, 0.15) is 12.4 Å². The fourth-order valence-corrected chi connectivity index (χ4v) is 2.05. The number of alkyl halides is 3. The van der Waals surface area contributed by atoms with E-state index in [4.69, 9.17) is 0 Å². The van der Waals surface area contributed by atoms with E-state index in [-0.39, 0.29) is 16.9 Å². The summed E-state index contributed by atoms with van der Waals surface area (Å²) in [4.78, 5) is 23.1. The molecule has 9 heteroatoms. The van der Waals surface area contributed by atoms with E-state index >= 15 is 0 Å². The molecule has 0 saturated carbocycles. The Hall–Kier alpha value is -3.10. The maximum absolute atomic E-state index is 13.2. The molecule has 0 aliphatic carbocycles. The highest BCUT2D eigenvalue weighted by molar-refractivity contribution is 6.04. The number of carbonyl (C=O) groups is 2. The number of amides is 1. The molecule has 2 aromatic rings. The van der Waals surface area contributed by atoms with Gasteiger partial charge in [-0.25, -0.2) is 4.39 Å². The van der Waals surface area contributed by atoms with Crippen LogP contribution in [0, 0.1) is 5.82 Å². The molecule has 0 fully saturated rings. The molecule has 0 spiro atoms. The summed E-state index contributed by atoms with van der Waals surface area (Å²) < 4.78 is 56.9. The highest BCUT2D eigenvalue weighted by atomic mass is 19.4. The highest BCUT2D eigenvalue weighted by Gasteiger charge is 2.34. The van der Waals surface area contributed by atoms with Crippen molar-refractivity contribution in [2.24, 2.45) is 0 Å². The van der Waals surface area contributed by atoms with Gasteiger partial charge in [-0.15, -0.1) is 0 Å². The first-order valence-electron chi connectivity index (χ1n) is 7.29. The predicted octanol–water partition coefficient (Wildman–Crippen LogP) is 3.68. The lowest BCUT2D eigenvalue weighted by Gasteiger charge is -2.16. The first-order valence-corrected chi connectivity index (χ1v) is 7.29. The maximum atomic E-state index is 13.2. The minimum atomic E-state index is -4.71. The van der Waals surface area contributed by atoms with Crippen molar-refractivity contribution in [3.63, 3.8) is 0 Å². The van der Waals surface area contributed by atoms with Crippen molar-refractivity contribution in [3.05, 3.63) is 59.4 Å². The van der Waals surface area contributed by atoms with Gasteiger partial charge in [0, 0.05) is 16.9 Å². The Bertz CT molecular complexity index is 805. The number of ether oxygens (including phenoxy) is 1. The number of hydrogen-bond donors (Lipinski definition) is 2. The van der Waals surface area contributed by atoms with Crippen molar-refractivity contribution in [2.45, 2.75) is 6.18 Å². The summed E-state index contributed by atoms with van der Waals surface area (Å²) in [7, 11) is 1.11. The molecular weight excluding hydrogens is 356 g/mol. The van der Waals surface area contributed by atoms with Gasteiger partial charge in [-0.05, 0) is 42.5 Å². The van der Waals surface area contributed by atoms with Crippen LogP contribution in [0.25, 0.3) is 0 Å². The Kier molecular flexibility index (Phi) is 5.81. The number of hydrogen-bond acceptors (Lipinski definition) is 4. The molecule has 2 N–H and O–H groups in total. The lowest BCUT2D eigenvalue weighted by molar-refractivity contribution is -0.139. The molecule has 2 aromatic carbocycles. The molecular formula is C17H14F4N2O3. The number of anilines is 2. The van der Waals surface area contributed by atoms with Crippen LogP contribution in [0.2, 0.25) is 0 Å². The van der Waals surface area contributed by atoms with E-state index in [9.17, 15) is 27.2 Å². The van der Waals surface area contributed by atoms with Gasteiger partial charge in [0.2, 0.25) is 0 Å². The topological polar surface area (TPSA) is 67.4 Å². The van der Waals surface area contributed by atoms with Gasteiger partial charge in [0.25, 0.3) is 5.91 Å². The highest BCUT2D eigenvalue weighted by Crippen LogP contribution is 2.36. The summed E-state index contributed by atoms with van der Waals surface area (Å²) in [6.45, 7) is -0.444. The van der Waals surface area contributed by atoms with Gasteiger partial charge in [-0.2, -0.15) is 13.2 Å². The Balaban J connectivity index is 2.23. The number of rotatable bonds is 5. The van der Waals surface area contributed by atoms with Crippen molar-refractivity contribution >= 4 is 23.3 Å². The van der Waals surface area contributed by atoms with Crippen LogP contribution in [0.4, 0.5) is 28.9 Å². The van der Waals surface area contributed by atoms with Gasteiger partial charge in [0.05, 0.1) is 12.7 Å². The van der Waals surface area contributed by atoms with E-state index in [0.717, 1.165) is 31.4 Å². The maximum Gasteiger partial charge on any atom is 0.418 e. The summed E-state index contributed by atoms with van der Waals surface area (Å²) in [6.07, 6.45) is -4.71. The number of halogens is 4. The Morgan fingerprint density at radius 2 is 1.73 bits per heavy atom. The van der Waals surface area contributed by atoms with Crippen LogP contribution in [0.3, 0.4) is 0 Å². The molecule has 0 radical (unpaired) electrons. The van der Waals surface area contributed by atoms with E-state index in [1.807, 2.05) is 0 Å². The monoisotopic (exact) mass is 370 g/mol. The van der Waals surface area contributed by atoms with Gasteiger partial charge >= 0.3 is 12.1 Å². The average molecular weight is 370 g/mol. The van der Waals surface area contributed by atoms with Crippen LogP contribution in [0.1, 0.15) is 15.9 Å². The van der Waals surface area contributed by atoms with Crippen LogP contribution >= 0.6 is 0 Å². The zero-order valence-corrected chi connectivity index (χ0v) is 13.5. The summed E-state index contributed by atoms with van der Waals surface area (Å²) in [5.41, 5.74) is -1.40. The van der Waals surface area contributed by atoms with Crippen molar-refractivity contribution < 1.29 is 31.9 Å². The number of methoxy groups -OCH3 is 1. The molecule has 1 amide bonds. The fourth-order valence-electron chi connectivity index (χ4n) is 2.05. The first kappa shape index (κ1) is 19.2. The molecule has 0 aliphatic heterocycles. The summed E-state index contributed by atoms with van der Waals surface area (Å²) in [6, 6.07) is 7.62. The third-order valence-corrected chi connectivity index (χ3v) is 3.34. The first-order chi connectivity index (χ1) is 12.2. The summed E-state index contributed by atoms with van der Waals surface area (Å²) in [5, 5.41) is 4.65. The second kappa shape index (κ2) is 7.85. The molecule has 0 atom stereocenters. The second-order valence-electron chi connectivity index (χ2n) is 5.15. The SMILES string of the molecule is COC(=O)CNc1ccc(NC(=O)c2ccc(F)cc2)cc1C(F)(F)F. The standard InChI is InChI=1S/C17H14F4N2O3/c1-26-15(24)9-22-14-7-6-12(8-13(14)17(19,20)21)23-16(25)10-2-4-11(18)5-3-10/h2-8,22H,9H2,1H3,(H,23,25). The number of carbonyl (C=O) groups excluding carboxylic acids is 2. The van der Waals surface area contributed by atoms with Crippen LogP contribution in [-0.4, -0.2) is 25.5 Å². The van der Waals surface area contributed by atoms with E-state index < -0.39 is 36.0 Å². The second-order valence-corrected chi connectivity index (χ2v) is 5.15. The normalized spacial score (nSPS) is 11.0. The van der Waals surface area contributed by atoms with Crippen LogP contribution in [-0.2, 0) is 15.7 Å². The van der Waals surface area contributed by atoms with Crippen molar-refractivity contribution in [1.29, 1.82) is 0 Å². The minimum absolute atomic E-state index is 0.0906. The molecule has 0 saturated heterocycles. The van der Waals surface area contributed by atoms with E-state index in [0.29, 0.717) is 0 Å². The van der Waals surface area contributed by atoms with E-state index in [1.165, 1.54) is 18.2 Å². The summed E-state index contributed by atoms with van der Waals surface area (Å²) in [5.74, 6) is -1.96. The minimum Gasteiger partial charge on any atom is -0.468 e. The molecule has 5 nitrogen and oxygen atoms in total. The molecule has 26 heavy (non-hydrogen) atoms. The number of nitrogens with one attached hydrogen (secondary N) is 2. The van der Waals surface area contributed by atoms with Crippen molar-refractivity contribution in [1.82, 2.24) is 0 Å². The van der Waals surface area contributed by atoms with Crippen molar-refractivity contribution in [2.75, 3.05) is 24.3 Å². The van der Waals surface area contributed by atoms with E-state index in [2.05, 4.69) is 15.4 Å². The quantitative estimate of drug-likeness (QED) is 0.622. The number of esters is 1.